The van der Waals surface area contributed by atoms with Gasteiger partial charge in [-0.1, -0.05) is 59.3 Å². The largest absolute Gasteiger partial charge is 0.333 e. The number of imidazole rings is 1. The van der Waals surface area contributed by atoms with Crippen LogP contribution in [0, 0.1) is 0 Å². The van der Waals surface area contributed by atoms with Crippen molar-refractivity contribution in [2.45, 2.75) is 83.2 Å². The van der Waals surface area contributed by atoms with Crippen LogP contribution in [-0.2, 0) is 15.6 Å². The van der Waals surface area contributed by atoms with Crippen molar-refractivity contribution in [1.29, 1.82) is 0 Å². The molecule has 6 heteroatoms. The number of hydrogen-bond acceptors (Lipinski definition) is 3. The van der Waals surface area contributed by atoms with E-state index < -0.39 is 9.05 Å². The van der Waals surface area contributed by atoms with Gasteiger partial charge in [-0.3, -0.25) is 0 Å². The molecule has 4 nitrogen and oxygen atoms in total. The van der Waals surface area contributed by atoms with Gasteiger partial charge in [0.2, 0.25) is 0 Å². The van der Waals surface area contributed by atoms with E-state index in [0.29, 0.717) is 0 Å². The summed E-state index contributed by atoms with van der Waals surface area (Å²) in [5.41, 5.74) is 0. The summed E-state index contributed by atoms with van der Waals surface area (Å²) in [5.74, 6) is 0.974. The van der Waals surface area contributed by atoms with Crippen molar-refractivity contribution >= 4 is 19.7 Å². The number of hydrogen-bond donors (Lipinski definition) is 0. The van der Waals surface area contributed by atoms with E-state index in [1.165, 1.54) is 38.5 Å². The Kier molecular flexibility index (Phi) is 7.74. The molecule has 0 aliphatic heterocycles. The summed E-state index contributed by atoms with van der Waals surface area (Å²) in [5, 5.41) is -0.0317. The van der Waals surface area contributed by atoms with Gasteiger partial charge in [-0.25, -0.2) is 13.4 Å². The zero-order valence-electron chi connectivity index (χ0n) is 13.3. The van der Waals surface area contributed by atoms with Gasteiger partial charge in [-0.15, -0.1) is 0 Å². The summed E-state index contributed by atoms with van der Waals surface area (Å²) in [6, 6.07) is 0. The zero-order valence-corrected chi connectivity index (χ0v) is 14.9. The molecule has 0 spiro atoms. The van der Waals surface area contributed by atoms with E-state index in [4.69, 9.17) is 10.7 Å². The Morgan fingerprint density at radius 1 is 1.14 bits per heavy atom. The quantitative estimate of drug-likeness (QED) is 0.461. The van der Waals surface area contributed by atoms with Gasteiger partial charge in [0.05, 0.1) is 0 Å². The predicted octanol–water partition coefficient (Wildman–Crippen LogP) is 4.68. The summed E-state index contributed by atoms with van der Waals surface area (Å²) in [6.45, 7) is 7.04. The lowest BCUT2D eigenvalue weighted by Crippen LogP contribution is -2.04. The fourth-order valence-electron chi connectivity index (χ4n) is 2.40. The van der Waals surface area contributed by atoms with Gasteiger partial charge in [0.25, 0.3) is 9.05 Å². The average molecular weight is 335 g/mol. The van der Waals surface area contributed by atoms with Crippen molar-refractivity contribution < 1.29 is 8.42 Å². The monoisotopic (exact) mass is 334 g/mol. The molecular weight excluding hydrogens is 308 g/mol. The number of aromatic nitrogens is 2. The Morgan fingerprint density at radius 2 is 1.71 bits per heavy atom. The zero-order chi connectivity index (χ0) is 15.9. The maximum atomic E-state index is 11.4. The van der Waals surface area contributed by atoms with E-state index in [-0.39, 0.29) is 10.9 Å². The van der Waals surface area contributed by atoms with Crippen molar-refractivity contribution in [3.05, 3.63) is 12.0 Å². The van der Waals surface area contributed by atoms with Gasteiger partial charge in [0.1, 0.15) is 5.82 Å². The lowest BCUT2D eigenvalue weighted by molar-refractivity contribution is 0.532. The molecule has 0 saturated carbocycles. The highest BCUT2D eigenvalue weighted by molar-refractivity contribution is 8.13. The third kappa shape index (κ3) is 6.39. The molecule has 1 heterocycles. The van der Waals surface area contributed by atoms with E-state index in [2.05, 4.69) is 11.9 Å². The van der Waals surface area contributed by atoms with E-state index in [1.54, 1.807) is 6.20 Å². The molecule has 0 unspecified atom stereocenters. The third-order valence-electron chi connectivity index (χ3n) is 3.55. The van der Waals surface area contributed by atoms with E-state index in [0.717, 1.165) is 18.8 Å². The summed E-state index contributed by atoms with van der Waals surface area (Å²) in [7, 11) is 1.63. The van der Waals surface area contributed by atoms with E-state index >= 15 is 0 Å². The molecule has 0 fully saturated rings. The smallest absolute Gasteiger partial charge is 0.280 e. The second kappa shape index (κ2) is 8.79. The first kappa shape index (κ1) is 18.5. The highest BCUT2D eigenvalue weighted by atomic mass is 35.7. The number of rotatable bonds is 10. The third-order valence-corrected chi connectivity index (χ3v) is 4.72. The Balaban J connectivity index is 2.52. The van der Waals surface area contributed by atoms with Gasteiger partial charge < -0.3 is 4.57 Å². The molecule has 1 aromatic heterocycles. The first-order valence-electron chi connectivity index (χ1n) is 7.88. The molecule has 1 aromatic rings. The molecule has 0 aromatic carbocycles. The van der Waals surface area contributed by atoms with Crippen LogP contribution in [0.3, 0.4) is 0 Å². The number of halogens is 1. The van der Waals surface area contributed by atoms with Crippen LogP contribution in [0.2, 0.25) is 0 Å². The number of aryl methyl sites for hydroxylation is 1. The fourth-order valence-corrected chi connectivity index (χ4v) is 3.08. The number of unbranched alkanes of at least 4 members (excludes halogenated alkanes) is 6. The maximum Gasteiger partial charge on any atom is 0.280 e. The second-order valence-electron chi connectivity index (χ2n) is 5.84. The highest BCUT2D eigenvalue weighted by Crippen LogP contribution is 2.20. The van der Waals surface area contributed by atoms with Crippen molar-refractivity contribution in [3.8, 4) is 0 Å². The van der Waals surface area contributed by atoms with Gasteiger partial charge in [-0.05, 0) is 6.42 Å². The van der Waals surface area contributed by atoms with Crippen molar-refractivity contribution in [1.82, 2.24) is 9.55 Å². The predicted molar refractivity (Wildman–Crippen MR) is 87.3 cm³/mol. The normalized spacial score (nSPS) is 12.2. The van der Waals surface area contributed by atoms with Gasteiger partial charge >= 0.3 is 0 Å². The van der Waals surface area contributed by atoms with Gasteiger partial charge in [0, 0.05) is 29.3 Å². The SMILES string of the molecule is CCCCCCCCCn1cc(S(=O)(=O)Cl)nc1C(C)C. The van der Waals surface area contributed by atoms with Crippen LogP contribution in [0.5, 0.6) is 0 Å². The molecule has 0 aliphatic carbocycles. The Morgan fingerprint density at radius 3 is 2.24 bits per heavy atom. The summed E-state index contributed by atoms with van der Waals surface area (Å²) in [6.07, 6.45) is 10.2. The van der Waals surface area contributed by atoms with E-state index in [9.17, 15) is 8.42 Å². The molecule has 0 bridgehead atoms. The van der Waals surface area contributed by atoms with E-state index in [1.807, 2.05) is 18.4 Å². The van der Waals surface area contributed by atoms with Crippen LogP contribution in [0.4, 0.5) is 0 Å². The Bertz CT molecular complexity index is 524. The topological polar surface area (TPSA) is 52.0 Å². The minimum Gasteiger partial charge on any atom is -0.333 e. The highest BCUT2D eigenvalue weighted by Gasteiger charge is 2.19. The van der Waals surface area contributed by atoms with Crippen LogP contribution in [0.1, 0.15) is 77.5 Å². The lowest BCUT2D eigenvalue weighted by atomic mass is 10.1. The average Bonchev–Trinajstić information content (AvgIpc) is 2.82. The van der Waals surface area contributed by atoms with Crippen LogP contribution >= 0.6 is 10.7 Å². The molecule has 0 atom stereocenters. The minimum absolute atomic E-state index is 0.0317. The summed E-state index contributed by atoms with van der Waals surface area (Å²) >= 11 is 0. The van der Waals surface area contributed by atoms with Gasteiger partial charge in [-0.2, -0.15) is 0 Å². The van der Waals surface area contributed by atoms with Crippen molar-refractivity contribution in [2.75, 3.05) is 0 Å². The maximum absolute atomic E-state index is 11.4. The first-order valence-corrected chi connectivity index (χ1v) is 10.2. The molecule has 0 amide bonds. The molecule has 21 heavy (non-hydrogen) atoms. The fraction of sp³-hybridized carbons (Fsp3) is 0.800. The summed E-state index contributed by atoms with van der Waals surface area (Å²) < 4.78 is 24.7. The Labute approximate surface area is 133 Å². The first-order chi connectivity index (χ1) is 9.86. The molecule has 0 radical (unpaired) electrons. The number of nitrogens with zero attached hydrogens (tertiary/aromatic N) is 2. The lowest BCUT2D eigenvalue weighted by Gasteiger charge is -2.09. The second-order valence-corrected chi connectivity index (χ2v) is 8.36. The molecule has 0 saturated heterocycles. The van der Waals surface area contributed by atoms with Crippen LogP contribution in [0.25, 0.3) is 0 Å². The molecule has 0 aliphatic rings. The standard InChI is InChI=1S/C15H27ClN2O2S/c1-4-5-6-7-8-9-10-11-18-12-14(21(16,19)20)17-15(18)13(2)3/h12-13H,4-11H2,1-3H3. The molecular formula is C15H27ClN2O2S. The molecule has 122 valence electrons. The Hall–Kier alpha value is -0.550. The van der Waals surface area contributed by atoms with Crippen molar-refractivity contribution in [2.24, 2.45) is 0 Å². The molecule has 0 N–H and O–H groups in total. The van der Waals surface area contributed by atoms with Crippen LogP contribution in [-0.4, -0.2) is 18.0 Å². The summed E-state index contributed by atoms with van der Waals surface area (Å²) in [4.78, 5) is 4.16. The van der Waals surface area contributed by atoms with Crippen LogP contribution in [0.15, 0.2) is 11.2 Å². The minimum atomic E-state index is -3.74. The molecule has 1 rings (SSSR count). The van der Waals surface area contributed by atoms with Crippen molar-refractivity contribution in [3.63, 3.8) is 0 Å². The van der Waals surface area contributed by atoms with Gasteiger partial charge in [0.15, 0.2) is 5.03 Å². The van der Waals surface area contributed by atoms with Crippen LogP contribution < -0.4 is 0 Å².